The van der Waals surface area contributed by atoms with Crippen LogP contribution in [0, 0.1) is 5.41 Å². The van der Waals surface area contributed by atoms with Crippen LogP contribution in [0.5, 0.6) is 0 Å². The van der Waals surface area contributed by atoms with Crippen LogP contribution in [0.4, 0.5) is 5.69 Å². The Morgan fingerprint density at radius 3 is 2.90 bits per heavy atom. The number of aromatic nitrogens is 3. The normalized spacial score (nSPS) is 18.7. The van der Waals surface area contributed by atoms with Gasteiger partial charge in [-0.1, -0.05) is 11.6 Å². The number of nitrogens with zero attached hydrogens (tertiary/aromatic N) is 2. The Labute approximate surface area is 172 Å². The Balaban J connectivity index is 1.65. The minimum Gasteiger partial charge on any atom is -0.393 e. The Kier molecular flexibility index (Phi) is 5.21. The van der Waals surface area contributed by atoms with Gasteiger partial charge < -0.3 is 20.7 Å². The lowest BCUT2D eigenvalue weighted by Gasteiger charge is -2.12. The molecule has 9 heteroatoms. The van der Waals surface area contributed by atoms with Crippen LogP contribution in [0.2, 0.25) is 5.02 Å². The van der Waals surface area contributed by atoms with Crippen molar-refractivity contribution < 1.29 is 9.90 Å². The quantitative estimate of drug-likeness (QED) is 0.412. The van der Waals surface area contributed by atoms with Crippen LogP contribution in [0.3, 0.4) is 0 Å². The van der Waals surface area contributed by atoms with Crippen molar-refractivity contribution in [2.24, 2.45) is 0 Å². The van der Waals surface area contributed by atoms with Crippen molar-refractivity contribution in [2.45, 2.75) is 31.4 Å². The molecule has 0 saturated heterocycles. The third-order valence-corrected chi connectivity index (χ3v) is 5.38. The molecule has 2 atom stereocenters. The average molecular weight is 413 g/mol. The standard InChI is InChI=1S/C20H21ClN6O2/c1-23-15-6-10(21)2-5-13(15)17(22)16-9-25-19-18(27-16)14(8-24-19)20(29)26-11-3-4-12(28)7-11/h2,5-6,8-9,11-12,22-23,28H,3-4,7H2,1H3,(H,24,25)(H,26,29)/t11-,12+/m1/s1. The van der Waals surface area contributed by atoms with E-state index in [9.17, 15) is 9.90 Å². The predicted molar refractivity (Wildman–Crippen MR) is 112 cm³/mol. The van der Waals surface area contributed by atoms with Crippen molar-refractivity contribution >= 4 is 40.1 Å². The van der Waals surface area contributed by atoms with Crippen LogP contribution in [-0.4, -0.2) is 50.9 Å². The first kappa shape index (κ1) is 19.4. The van der Waals surface area contributed by atoms with Crippen molar-refractivity contribution in [3.63, 3.8) is 0 Å². The van der Waals surface area contributed by atoms with Crippen molar-refractivity contribution in [1.29, 1.82) is 5.41 Å². The largest absolute Gasteiger partial charge is 0.393 e. The fourth-order valence-corrected chi connectivity index (χ4v) is 3.79. The summed E-state index contributed by atoms with van der Waals surface area (Å²) in [4.78, 5) is 24.5. The number of carbonyl (C=O) groups is 1. The van der Waals surface area contributed by atoms with Crippen molar-refractivity contribution in [2.75, 3.05) is 12.4 Å². The van der Waals surface area contributed by atoms with Gasteiger partial charge in [-0.25, -0.2) is 9.97 Å². The fourth-order valence-electron chi connectivity index (χ4n) is 3.62. The lowest BCUT2D eigenvalue weighted by atomic mass is 10.1. The summed E-state index contributed by atoms with van der Waals surface area (Å²) >= 11 is 6.04. The predicted octanol–water partition coefficient (Wildman–Crippen LogP) is 2.71. The molecule has 5 N–H and O–H groups in total. The van der Waals surface area contributed by atoms with E-state index in [1.807, 2.05) is 0 Å². The SMILES string of the molecule is CNc1cc(Cl)ccc1C(=N)c1cnc2[nH]cc(C(=O)N[C@@H]3CC[C@H](O)C3)c2n1. The number of aliphatic hydroxyl groups is 1. The minimum absolute atomic E-state index is 0.0517. The summed E-state index contributed by atoms with van der Waals surface area (Å²) in [5.74, 6) is -0.268. The van der Waals surface area contributed by atoms with Gasteiger partial charge in [-0.05, 0) is 37.5 Å². The number of hydrogen-bond donors (Lipinski definition) is 5. The van der Waals surface area contributed by atoms with E-state index in [-0.39, 0.29) is 23.8 Å². The molecule has 150 valence electrons. The first-order valence-corrected chi connectivity index (χ1v) is 9.73. The third-order valence-electron chi connectivity index (χ3n) is 5.14. The summed E-state index contributed by atoms with van der Waals surface area (Å²) in [6.45, 7) is 0. The maximum Gasteiger partial charge on any atom is 0.255 e. The summed E-state index contributed by atoms with van der Waals surface area (Å²) in [5, 5.41) is 24.8. The van der Waals surface area contributed by atoms with E-state index >= 15 is 0 Å². The summed E-state index contributed by atoms with van der Waals surface area (Å²) in [5.41, 5.74) is 3.11. The molecule has 0 radical (unpaired) electrons. The molecule has 29 heavy (non-hydrogen) atoms. The van der Waals surface area contributed by atoms with E-state index < -0.39 is 0 Å². The number of carbonyl (C=O) groups excluding carboxylic acids is 1. The van der Waals surface area contributed by atoms with Gasteiger partial charge in [0.1, 0.15) is 11.2 Å². The maximum absolute atomic E-state index is 12.7. The first-order valence-electron chi connectivity index (χ1n) is 9.36. The Bertz CT molecular complexity index is 1100. The number of aromatic amines is 1. The van der Waals surface area contributed by atoms with Gasteiger partial charge >= 0.3 is 0 Å². The number of aliphatic hydroxyl groups excluding tert-OH is 1. The minimum atomic E-state index is -0.365. The summed E-state index contributed by atoms with van der Waals surface area (Å²) < 4.78 is 0. The van der Waals surface area contributed by atoms with Gasteiger partial charge in [-0.3, -0.25) is 10.2 Å². The number of nitrogens with one attached hydrogen (secondary N) is 4. The molecule has 0 aliphatic heterocycles. The molecule has 1 fully saturated rings. The molecule has 1 saturated carbocycles. The maximum atomic E-state index is 12.7. The van der Waals surface area contributed by atoms with Crippen LogP contribution in [0.25, 0.3) is 11.2 Å². The second-order valence-corrected chi connectivity index (χ2v) is 7.54. The zero-order chi connectivity index (χ0) is 20.5. The highest BCUT2D eigenvalue weighted by Gasteiger charge is 2.26. The zero-order valence-electron chi connectivity index (χ0n) is 15.8. The molecule has 3 aromatic rings. The molecular formula is C20H21ClN6O2. The molecule has 1 aliphatic rings. The lowest BCUT2D eigenvalue weighted by Crippen LogP contribution is -2.33. The Morgan fingerprint density at radius 1 is 1.34 bits per heavy atom. The van der Waals surface area contributed by atoms with E-state index in [0.717, 1.165) is 6.42 Å². The molecule has 1 amide bonds. The molecular weight excluding hydrogens is 392 g/mol. The summed E-state index contributed by atoms with van der Waals surface area (Å²) in [7, 11) is 1.76. The van der Waals surface area contributed by atoms with Gasteiger partial charge in [-0.15, -0.1) is 0 Å². The Morgan fingerprint density at radius 2 is 2.17 bits per heavy atom. The highest BCUT2D eigenvalue weighted by atomic mass is 35.5. The molecule has 4 rings (SSSR count). The van der Waals surface area contributed by atoms with E-state index in [2.05, 4.69) is 25.6 Å². The molecule has 1 aromatic carbocycles. The van der Waals surface area contributed by atoms with E-state index in [1.54, 1.807) is 31.4 Å². The van der Waals surface area contributed by atoms with E-state index in [4.69, 9.17) is 17.0 Å². The molecule has 8 nitrogen and oxygen atoms in total. The van der Waals surface area contributed by atoms with Gasteiger partial charge in [0.15, 0.2) is 5.65 Å². The van der Waals surface area contributed by atoms with E-state index in [1.165, 1.54) is 6.20 Å². The second-order valence-electron chi connectivity index (χ2n) is 7.11. The molecule has 0 unspecified atom stereocenters. The number of hydrogen-bond acceptors (Lipinski definition) is 6. The number of anilines is 1. The van der Waals surface area contributed by atoms with Crippen LogP contribution in [-0.2, 0) is 0 Å². The fraction of sp³-hybridized carbons (Fsp3) is 0.300. The third kappa shape index (κ3) is 3.81. The van der Waals surface area contributed by atoms with E-state index in [0.29, 0.717) is 51.5 Å². The highest BCUT2D eigenvalue weighted by Crippen LogP contribution is 2.24. The monoisotopic (exact) mass is 412 g/mol. The number of halogens is 1. The van der Waals surface area contributed by atoms with Gasteiger partial charge in [0.2, 0.25) is 0 Å². The lowest BCUT2D eigenvalue weighted by molar-refractivity contribution is 0.0935. The second kappa shape index (κ2) is 7.81. The van der Waals surface area contributed by atoms with Crippen molar-refractivity contribution in [3.8, 4) is 0 Å². The van der Waals surface area contributed by atoms with Crippen molar-refractivity contribution in [1.82, 2.24) is 20.3 Å². The van der Waals surface area contributed by atoms with Gasteiger partial charge in [0.05, 0.1) is 23.6 Å². The number of H-pyrrole nitrogens is 1. The summed E-state index contributed by atoms with van der Waals surface area (Å²) in [6.07, 6.45) is 4.70. The van der Waals surface area contributed by atoms with Crippen LogP contribution < -0.4 is 10.6 Å². The van der Waals surface area contributed by atoms with Crippen LogP contribution in [0.15, 0.2) is 30.6 Å². The topological polar surface area (TPSA) is 127 Å². The number of amides is 1. The smallest absolute Gasteiger partial charge is 0.255 e. The van der Waals surface area contributed by atoms with Gasteiger partial charge in [-0.2, -0.15) is 0 Å². The number of fused-ring (bicyclic) bond motifs is 1. The van der Waals surface area contributed by atoms with Crippen LogP contribution in [0.1, 0.15) is 40.9 Å². The molecule has 1 aliphatic carbocycles. The van der Waals surface area contributed by atoms with Gasteiger partial charge in [0.25, 0.3) is 5.91 Å². The number of rotatable bonds is 5. The summed E-state index contributed by atoms with van der Waals surface area (Å²) in [6, 6.07) is 5.15. The molecule has 0 bridgehead atoms. The molecule has 2 aromatic heterocycles. The van der Waals surface area contributed by atoms with Crippen LogP contribution >= 0.6 is 11.6 Å². The molecule has 0 spiro atoms. The average Bonchev–Trinajstić information content (AvgIpc) is 3.32. The van der Waals surface area contributed by atoms with Crippen molar-refractivity contribution in [3.05, 3.63) is 52.4 Å². The van der Waals surface area contributed by atoms with Gasteiger partial charge in [0, 0.05) is 35.6 Å². The number of benzene rings is 1. The zero-order valence-corrected chi connectivity index (χ0v) is 16.5. The highest BCUT2D eigenvalue weighted by molar-refractivity contribution is 6.31. The Hall–Kier alpha value is -2.97. The first-order chi connectivity index (χ1) is 14.0. The molecule has 2 heterocycles.